The largest absolute Gasteiger partial charge is 0.377 e. The molecule has 5 heteroatoms. The van der Waals surface area contributed by atoms with Crippen molar-refractivity contribution < 1.29 is 13.2 Å². The van der Waals surface area contributed by atoms with E-state index in [0.717, 1.165) is 12.8 Å². The zero-order valence-electron chi connectivity index (χ0n) is 8.61. The molecule has 0 aliphatic carbocycles. The van der Waals surface area contributed by atoms with Crippen molar-refractivity contribution in [2.45, 2.75) is 37.5 Å². The Morgan fingerprint density at radius 2 is 2.29 bits per heavy atom. The smallest absolute Gasteiger partial charge is 0.155 e. The molecule has 1 fully saturated rings. The van der Waals surface area contributed by atoms with Crippen molar-refractivity contribution in [3.05, 3.63) is 0 Å². The van der Waals surface area contributed by atoms with Crippen LogP contribution in [0.3, 0.4) is 0 Å². The molecular formula is C9H19NO3S. The van der Waals surface area contributed by atoms with Crippen LogP contribution in [0.4, 0.5) is 0 Å². The van der Waals surface area contributed by atoms with E-state index in [1.807, 2.05) is 0 Å². The molecule has 14 heavy (non-hydrogen) atoms. The fourth-order valence-electron chi connectivity index (χ4n) is 1.61. The van der Waals surface area contributed by atoms with Crippen molar-refractivity contribution in [1.29, 1.82) is 0 Å². The van der Waals surface area contributed by atoms with Crippen molar-refractivity contribution in [3.63, 3.8) is 0 Å². The van der Waals surface area contributed by atoms with E-state index in [1.54, 1.807) is 6.92 Å². The molecular weight excluding hydrogens is 202 g/mol. The van der Waals surface area contributed by atoms with E-state index in [4.69, 9.17) is 10.5 Å². The normalized spacial score (nSPS) is 25.1. The van der Waals surface area contributed by atoms with Gasteiger partial charge in [-0.15, -0.1) is 0 Å². The summed E-state index contributed by atoms with van der Waals surface area (Å²) >= 11 is 0. The molecule has 1 heterocycles. The molecule has 0 saturated carbocycles. The second kappa shape index (κ2) is 5.09. The summed E-state index contributed by atoms with van der Waals surface area (Å²) in [6.07, 6.45) is 2.30. The lowest BCUT2D eigenvalue weighted by atomic mass is 10.3. The third kappa shape index (κ3) is 3.22. The first kappa shape index (κ1) is 11.9. The van der Waals surface area contributed by atoms with Gasteiger partial charge in [0, 0.05) is 6.61 Å². The first-order valence-corrected chi connectivity index (χ1v) is 6.81. The van der Waals surface area contributed by atoms with Gasteiger partial charge in [-0.1, -0.05) is 0 Å². The van der Waals surface area contributed by atoms with Gasteiger partial charge in [0.15, 0.2) is 9.84 Å². The fourth-order valence-corrected chi connectivity index (χ4v) is 3.22. The lowest BCUT2D eigenvalue weighted by molar-refractivity contribution is 0.127. The van der Waals surface area contributed by atoms with Crippen molar-refractivity contribution in [2.24, 2.45) is 5.73 Å². The Balaban J connectivity index is 2.47. The second-order valence-corrected chi connectivity index (χ2v) is 6.32. The number of hydrogen-bond donors (Lipinski definition) is 1. The zero-order valence-corrected chi connectivity index (χ0v) is 9.42. The monoisotopic (exact) mass is 221 g/mol. The predicted octanol–water partition coefficient (Wildman–Crippen LogP) is 0.317. The maximum Gasteiger partial charge on any atom is 0.155 e. The summed E-state index contributed by atoms with van der Waals surface area (Å²) < 4.78 is 28.8. The highest BCUT2D eigenvalue weighted by Gasteiger charge is 2.27. The van der Waals surface area contributed by atoms with Crippen LogP contribution >= 0.6 is 0 Å². The van der Waals surface area contributed by atoms with Gasteiger partial charge in [-0.25, -0.2) is 8.42 Å². The molecule has 0 aromatic rings. The molecule has 0 spiro atoms. The van der Waals surface area contributed by atoms with E-state index in [9.17, 15) is 8.42 Å². The van der Waals surface area contributed by atoms with Crippen LogP contribution in [0, 0.1) is 0 Å². The maximum atomic E-state index is 11.7. The van der Waals surface area contributed by atoms with E-state index in [2.05, 4.69) is 0 Å². The van der Waals surface area contributed by atoms with Crippen molar-refractivity contribution in [2.75, 3.05) is 18.9 Å². The van der Waals surface area contributed by atoms with Crippen molar-refractivity contribution in [3.8, 4) is 0 Å². The van der Waals surface area contributed by atoms with Crippen LogP contribution in [-0.2, 0) is 14.6 Å². The molecule has 2 unspecified atom stereocenters. The molecule has 1 aliphatic heterocycles. The second-order valence-electron chi connectivity index (χ2n) is 3.85. The topological polar surface area (TPSA) is 69.4 Å². The minimum absolute atomic E-state index is 0.0831. The molecule has 0 bridgehead atoms. The molecule has 1 saturated heterocycles. The van der Waals surface area contributed by atoms with E-state index in [-0.39, 0.29) is 17.1 Å². The molecule has 84 valence electrons. The molecule has 0 aromatic carbocycles. The van der Waals surface area contributed by atoms with E-state index < -0.39 is 9.84 Å². The number of nitrogens with two attached hydrogens (primary N) is 1. The van der Waals surface area contributed by atoms with Crippen LogP contribution in [0.2, 0.25) is 0 Å². The predicted molar refractivity (Wildman–Crippen MR) is 55.9 cm³/mol. The van der Waals surface area contributed by atoms with Gasteiger partial charge in [-0.3, -0.25) is 0 Å². The summed E-state index contributed by atoms with van der Waals surface area (Å²) in [5.74, 6) is 0.161. The minimum Gasteiger partial charge on any atom is -0.377 e. The zero-order chi connectivity index (χ0) is 10.6. The summed E-state index contributed by atoms with van der Waals surface area (Å²) in [7, 11) is -3.01. The van der Waals surface area contributed by atoms with Gasteiger partial charge in [-0.05, 0) is 32.7 Å². The van der Waals surface area contributed by atoms with Gasteiger partial charge in [0.1, 0.15) is 0 Å². The summed E-state index contributed by atoms with van der Waals surface area (Å²) in [6, 6.07) is 0. The highest BCUT2D eigenvalue weighted by molar-refractivity contribution is 7.92. The van der Waals surface area contributed by atoms with Crippen LogP contribution in [-0.4, -0.2) is 38.7 Å². The summed E-state index contributed by atoms with van der Waals surface area (Å²) in [6.45, 7) is 2.84. The molecule has 2 N–H and O–H groups in total. The van der Waals surface area contributed by atoms with Gasteiger partial charge >= 0.3 is 0 Å². The molecule has 1 aliphatic rings. The van der Waals surface area contributed by atoms with Gasteiger partial charge in [-0.2, -0.15) is 0 Å². The molecule has 2 atom stereocenters. The maximum absolute atomic E-state index is 11.7. The summed E-state index contributed by atoms with van der Waals surface area (Å²) in [5.41, 5.74) is 5.34. The Morgan fingerprint density at radius 1 is 1.57 bits per heavy atom. The van der Waals surface area contributed by atoms with Crippen LogP contribution in [0.1, 0.15) is 26.2 Å². The summed E-state index contributed by atoms with van der Waals surface area (Å²) in [5, 5.41) is -0.336. The Morgan fingerprint density at radius 3 is 2.79 bits per heavy atom. The molecule has 0 amide bonds. The molecule has 0 radical (unpaired) electrons. The number of ether oxygens (including phenoxy) is 1. The number of sulfone groups is 1. The third-order valence-electron chi connectivity index (χ3n) is 2.63. The van der Waals surface area contributed by atoms with Crippen molar-refractivity contribution in [1.82, 2.24) is 0 Å². The van der Waals surface area contributed by atoms with E-state index >= 15 is 0 Å². The average molecular weight is 221 g/mol. The number of rotatable bonds is 5. The lowest BCUT2D eigenvalue weighted by Crippen LogP contribution is -2.29. The van der Waals surface area contributed by atoms with E-state index in [1.165, 1.54) is 0 Å². The average Bonchev–Trinajstić information content (AvgIpc) is 2.56. The Labute approximate surface area is 85.7 Å². The van der Waals surface area contributed by atoms with Gasteiger partial charge in [0.25, 0.3) is 0 Å². The Kier molecular flexibility index (Phi) is 4.34. The van der Waals surface area contributed by atoms with Gasteiger partial charge in [0.2, 0.25) is 0 Å². The Bertz CT molecular complexity index is 257. The quantitative estimate of drug-likeness (QED) is 0.725. The first-order chi connectivity index (χ1) is 6.56. The fraction of sp³-hybridized carbons (Fsp3) is 1.00. The van der Waals surface area contributed by atoms with Crippen LogP contribution in [0.15, 0.2) is 0 Å². The molecule has 4 nitrogen and oxygen atoms in total. The first-order valence-electron chi connectivity index (χ1n) is 5.09. The van der Waals surface area contributed by atoms with Crippen molar-refractivity contribution >= 4 is 9.84 Å². The molecule has 1 rings (SSSR count). The molecule has 0 aromatic heterocycles. The third-order valence-corrected chi connectivity index (χ3v) is 4.93. The van der Waals surface area contributed by atoms with Crippen LogP contribution < -0.4 is 5.73 Å². The van der Waals surface area contributed by atoms with Crippen LogP contribution in [0.25, 0.3) is 0 Å². The van der Waals surface area contributed by atoms with Gasteiger partial charge in [0.05, 0.1) is 17.1 Å². The summed E-state index contributed by atoms with van der Waals surface area (Å²) in [4.78, 5) is 0. The van der Waals surface area contributed by atoms with Crippen LogP contribution in [0.5, 0.6) is 0 Å². The standard InChI is InChI=1S/C9H19NO3S/c1-8(4-5-10)14(11,12)7-9-3-2-6-13-9/h8-9H,2-7,10H2,1H3. The SMILES string of the molecule is CC(CCN)S(=O)(=O)CC1CCCO1. The van der Waals surface area contributed by atoms with E-state index in [0.29, 0.717) is 19.6 Å². The highest BCUT2D eigenvalue weighted by atomic mass is 32.2. The lowest BCUT2D eigenvalue weighted by Gasteiger charge is -2.15. The Hall–Kier alpha value is -0.130. The van der Waals surface area contributed by atoms with Gasteiger partial charge < -0.3 is 10.5 Å². The minimum atomic E-state index is -3.01. The number of hydrogen-bond acceptors (Lipinski definition) is 4. The highest BCUT2D eigenvalue weighted by Crippen LogP contribution is 2.17.